The first-order valence-corrected chi connectivity index (χ1v) is 4.64. The van der Waals surface area contributed by atoms with Crippen LogP contribution < -0.4 is 10.1 Å². The van der Waals surface area contributed by atoms with E-state index in [0.717, 1.165) is 5.75 Å². The Morgan fingerprint density at radius 1 is 1.33 bits per heavy atom. The van der Waals surface area contributed by atoms with Gasteiger partial charge in [0.1, 0.15) is 5.75 Å². The largest absolute Gasteiger partial charge is 0.491 e. The summed E-state index contributed by atoms with van der Waals surface area (Å²) >= 11 is 0. The summed E-state index contributed by atoms with van der Waals surface area (Å²) in [7, 11) is 0. The number of rotatable bonds is 4. The van der Waals surface area contributed by atoms with Crippen LogP contribution in [0.1, 0.15) is 13.8 Å². The van der Waals surface area contributed by atoms with Gasteiger partial charge in [-0.3, -0.25) is 9.59 Å². The predicted molar refractivity (Wildman–Crippen MR) is 56.9 cm³/mol. The number of amides is 1. The van der Waals surface area contributed by atoms with Crippen LogP contribution in [0.2, 0.25) is 0 Å². The third-order valence-corrected chi connectivity index (χ3v) is 1.60. The lowest BCUT2D eigenvalue weighted by Gasteiger charge is -2.09. The fourth-order valence-electron chi connectivity index (χ4n) is 1.06. The van der Waals surface area contributed by atoms with E-state index in [1.807, 2.05) is 13.8 Å². The summed E-state index contributed by atoms with van der Waals surface area (Å²) in [5, 5.41) is 2.41. The van der Waals surface area contributed by atoms with Gasteiger partial charge < -0.3 is 10.1 Å². The molecule has 0 heterocycles. The first-order chi connectivity index (χ1) is 7.11. The second-order valence-electron chi connectivity index (χ2n) is 3.30. The van der Waals surface area contributed by atoms with Crippen molar-refractivity contribution in [3.05, 3.63) is 24.3 Å². The number of carbonyl (C=O) groups excluding carboxylic acids is 2. The van der Waals surface area contributed by atoms with E-state index in [2.05, 4.69) is 5.32 Å². The third kappa shape index (κ3) is 3.81. The van der Waals surface area contributed by atoms with Crippen molar-refractivity contribution in [2.45, 2.75) is 20.0 Å². The Morgan fingerprint density at radius 2 is 1.93 bits per heavy atom. The van der Waals surface area contributed by atoms with E-state index >= 15 is 0 Å². The zero-order valence-electron chi connectivity index (χ0n) is 8.69. The van der Waals surface area contributed by atoms with Crippen LogP contribution in [0.15, 0.2) is 24.3 Å². The zero-order valence-corrected chi connectivity index (χ0v) is 8.69. The van der Waals surface area contributed by atoms with E-state index in [9.17, 15) is 9.59 Å². The molecule has 1 aromatic carbocycles. The highest BCUT2D eigenvalue weighted by Gasteiger charge is 2.00. The van der Waals surface area contributed by atoms with Crippen molar-refractivity contribution in [1.29, 1.82) is 0 Å². The van der Waals surface area contributed by atoms with Crippen LogP contribution in [0, 0.1) is 0 Å². The van der Waals surface area contributed by atoms with Crippen LogP contribution in [0.5, 0.6) is 5.75 Å². The molecular formula is C11H13NO3. The monoisotopic (exact) mass is 207 g/mol. The Kier molecular flexibility index (Phi) is 3.85. The number of ether oxygens (including phenoxy) is 1. The van der Waals surface area contributed by atoms with Crippen molar-refractivity contribution >= 4 is 17.9 Å². The standard InChI is InChI=1S/C11H13NO3/c1-8(2)15-10-5-3-9(4-6-10)12-11(14)7-13/h3-8H,1-2H3,(H,12,14). The molecule has 0 aliphatic rings. The van der Waals surface area contributed by atoms with Crippen molar-refractivity contribution in [1.82, 2.24) is 0 Å². The average Bonchev–Trinajstić information content (AvgIpc) is 2.20. The number of hydrogen-bond donors (Lipinski definition) is 1. The Balaban J connectivity index is 2.63. The molecule has 4 nitrogen and oxygen atoms in total. The Morgan fingerprint density at radius 3 is 2.40 bits per heavy atom. The summed E-state index contributed by atoms with van der Waals surface area (Å²) in [6, 6.07) is 6.83. The zero-order chi connectivity index (χ0) is 11.3. The molecule has 0 aliphatic carbocycles. The first-order valence-electron chi connectivity index (χ1n) is 4.64. The quantitative estimate of drug-likeness (QED) is 0.602. The van der Waals surface area contributed by atoms with Crippen LogP contribution in [-0.4, -0.2) is 18.3 Å². The number of anilines is 1. The van der Waals surface area contributed by atoms with Crippen molar-refractivity contribution < 1.29 is 14.3 Å². The fraction of sp³-hybridized carbons (Fsp3) is 0.273. The molecule has 1 aromatic rings. The van der Waals surface area contributed by atoms with Gasteiger partial charge in [-0.05, 0) is 38.1 Å². The summed E-state index contributed by atoms with van der Waals surface area (Å²) in [5.74, 6) is 0.0710. The molecule has 0 unspecified atom stereocenters. The maximum absolute atomic E-state index is 10.7. The Bertz CT molecular complexity index is 343. The molecule has 0 spiro atoms. The van der Waals surface area contributed by atoms with Crippen molar-refractivity contribution in [2.75, 3.05) is 5.32 Å². The highest BCUT2D eigenvalue weighted by atomic mass is 16.5. The summed E-state index contributed by atoms with van der Waals surface area (Å²) in [6.45, 7) is 3.87. The number of aldehydes is 1. The molecule has 0 aliphatic heterocycles. The minimum atomic E-state index is -0.660. The van der Waals surface area contributed by atoms with E-state index in [0.29, 0.717) is 5.69 Å². The van der Waals surface area contributed by atoms with Crippen LogP contribution in [0.3, 0.4) is 0 Å². The van der Waals surface area contributed by atoms with Gasteiger partial charge in [-0.1, -0.05) is 0 Å². The molecule has 0 aromatic heterocycles. The highest BCUT2D eigenvalue weighted by Crippen LogP contribution is 2.16. The van der Waals surface area contributed by atoms with E-state index in [4.69, 9.17) is 4.74 Å². The molecule has 0 bridgehead atoms. The van der Waals surface area contributed by atoms with Crippen LogP contribution >= 0.6 is 0 Å². The lowest BCUT2D eigenvalue weighted by Crippen LogP contribution is -2.12. The molecule has 0 fully saturated rings. The summed E-state index contributed by atoms with van der Waals surface area (Å²) < 4.78 is 5.42. The second-order valence-corrected chi connectivity index (χ2v) is 3.30. The molecule has 0 radical (unpaired) electrons. The van der Waals surface area contributed by atoms with Crippen molar-refractivity contribution in [2.24, 2.45) is 0 Å². The predicted octanol–water partition coefficient (Wildman–Crippen LogP) is 1.61. The maximum Gasteiger partial charge on any atom is 0.288 e. The topological polar surface area (TPSA) is 55.4 Å². The Hall–Kier alpha value is -1.84. The Labute approximate surface area is 88.2 Å². The van der Waals surface area contributed by atoms with E-state index < -0.39 is 5.91 Å². The lowest BCUT2D eigenvalue weighted by atomic mass is 10.3. The third-order valence-electron chi connectivity index (χ3n) is 1.60. The van der Waals surface area contributed by atoms with Gasteiger partial charge in [-0.25, -0.2) is 0 Å². The minimum Gasteiger partial charge on any atom is -0.491 e. The van der Waals surface area contributed by atoms with Gasteiger partial charge in [0.15, 0.2) is 0 Å². The van der Waals surface area contributed by atoms with Gasteiger partial charge in [-0.15, -0.1) is 0 Å². The summed E-state index contributed by atoms with van der Waals surface area (Å²) in [4.78, 5) is 20.8. The maximum atomic E-state index is 10.7. The van der Waals surface area contributed by atoms with Gasteiger partial charge in [-0.2, -0.15) is 0 Å². The van der Waals surface area contributed by atoms with E-state index in [-0.39, 0.29) is 12.4 Å². The molecule has 1 rings (SSSR count). The fourth-order valence-corrected chi connectivity index (χ4v) is 1.06. The molecule has 80 valence electrons. The van der Waals surface area contributed by atoms with Gasteiger partial charge in [0, 0.05) is 5.69 Å². The normalized spacial score (nSPS) is 9.80. The molecule has 0 saturated heterocycles. The van der Waals surface area contributed by atoms with Crippen molar-refractivity contribution in [3.63, 3.8) is 0 Å². The van der Waals surface area contributed by atoms with Crippen molar-refractivity contribution in [3.8, 4) is 5.75 Å². The van der Waals surface area contributed by atoms with Gasteiger partial charge in [0.05, 0.1) is 6.10 Å². The van der Waals surface area contributed by atoms with Gasteiger partial charge in [0.25, 0.3) is 5.91 Å². The number of benzene rings is 1. The average molecular weight is 207 g/mol. The van der Waals surface area contributed by atoms with E-state index in [1.54, 1.807) is 24.3 Å². The smallest absolute Gasteiger partial charge is 0.288 e. The lowest BCUT2D eigenvalue weighted by molar-refractivity contribution is -0.127. The summed E-state index contributed by atoms with van der Waals surface area (Å²) in [5.41, 5.74) is 0.572. The van der Waals surface area contributed by atoms with Gasteiger partial charge >= 0.3 is 0 Å². The molecular weight excluding hydrogens is 194 g/mol. The number of hydrogen-bond acceptors (Lipinski definition) is 3. The SMILES string of the molecule is CC(C)Oc1ccc(NC(=O)C=O)cc1. The second kappa shape index (κ2) is 5.14. The number of carbonyl (C=O) groups is 2. The molecule has 0 saturated carbocycles. The highest BCUT2D eigenvalue weighted by molar-refractivity contribution is 6.29. The van der Waals surface area contributed by atoms with Crippen LogP contribution in [0.25, 0.3) is 0 Å². The molecule has 0 atom stereocenters. The summed E-state index contributed by atoms with van der Waals surface area (Å²) in [6.07, 6.45) is 0.346. The molecule has 15 heavy (non-hydrogen) atoms. The molecule has 1 amide bonds. The minimum absolute atomic E-state index is 0.111. The number of nitrogens with one attached hydrogen (secondary N) is 1. The molecule has 4 heteroatoms. The first kappa shape index (κ1) is 11.2. The van der Waals surface area contributed by atoms with Crippen LogP contribution in [-0.2, 0) is 9.59 Å². The van der Waals surface area contributed by atoms with Gasteiger partial charge in [0.2, 0.25) is 6.29 Å². The van der Waals surface area contributed by atoms with E-state index in [1.165, 1.54) is 0 Å². The molecule has 1 N–H and O–H groups in total. The van der Waals surface area contributed by atoms with Crippen LogP contribution in [0.4, 0.5) is 5.69 Å².